The Morgan fingerprint density at radius 3 is 2.31 bits per heavy atom. The van der Waals surface area contributed by atoms with Crippen molar-refractivity contribution < 1.29 is 0 Å². The number of rotatable bonds is 9. The van der Waals surface area contributed by atoms with Gasteiger partial charge in [0, 0.05) is 35.5 Å². The number of allylic oxidation sites excluding steroid dienone is 3. The molecule has 7 rings (SSSR count). The Labute approximate surface area is 266 Å². The van der Waals surface area contributed by atoms with E-state index < -0.39 is 0 Å². The zero-order valence-corrected chi connectivity index (χ0v) is 26.1. The largest absolute Gasteiger partial charge is 0.366 e. The van der Waals surface area contributed by atoms with Gasteiger partial charge in [0.05, 0.1) is 28.7 Å². The fourth-order valence-corrected chi connectivity index (χ4v) is 7.98. The highest BCUT2D eigenvalue weighted by Gasteiger charge is 2.65. The van der Waals surface area contributed by atoms with Crippen molar-refractivity contribution in [1.82, 2.24) is 0 Å². The monoisotopic (exact) mass is 585 g/mol. The van der Waals surface area contributed by atoms with Crippen LogP contribution < -0.4 is 10.2 Å². The van der Waals surface area contributed by atoms with E-state index in [0.29, 0.717) is 0 Å². The first kappa shape index (κ1) is 28.6. The maximum absolute atomic E-state index is 5.30. The third kappa shape index (κ3) is 4.54. The molecule has 1 fully saturated rings. The van der Waals surface area contributed by atoms with Gasteiger partial charge in [-0.2, -0.15) is 0 Å². The molecule has 0 saturated heterocycles. The number of hydrogen-bond acceptors (Lipinski definition) is 3. The minimum absolute atomic E-state index is 0.0705. The summed E-state index contributed by atoms with van der Waals surface area (Å²) in [5, 5.41) is 8.68. The molecule has 3 heteroatoms. The molecule has 4 atom stereocenters. The number of benzene rings is 5. The number of nitrogens with one attached hydrogen (secondary N) is 1. The van der Waals surface area contributed by atoms with Gasteiger partial charge < -0.3 is 10.2 Å². The average molecular weight is 586 g/mol. The first-order chi connectivity index (χ1) is 22.0. The molecule has 1 aliphatic heterocycles. The summed E-state index contributed by atoms with van der Waals surface area (Å²) in [5.74, 6) is 0.235. The molecule has 0 spiro atoms. The molecule has 0 bridgehead atoms. The van der Waals surface area contributed by atoms with E-state index in [0.717, 1.165) is 34.8 Å². The van der Waals surface area contributed by atoms with Crippen molar-refractivity contribution in [2.75, 3.05) is 17.3 Å². The smallest absolute Gasteiger partial charge is 0.0683 e. The number of aliphatic imine (C=N–C) groups is 1. The van der Waals surface area contributed by atoms with Crippen molar-refractivity contribution in [1.29, 1.82) is 0 Å². The minimum Gasteiger partial charge on any atom is -0.366 e. The van der Waals surface area contributed by atoms with Crippen LogP contribution in [0.4, 0.5) is 17.1 Å². The van der Waals surface area contributed by atoms with Gasteiger partial charge in [0.1, 0.15) is 0 Å². The second-order valence-corrected chi connectivity index (χ2v) is 12.3. The molecule has 0 amide bonds. The Morgan fingerprint density at radius 2 is 1.56 bits per heavy atom. The summed E-state index contributed by atoms with van der Waals surface area (Å²) in [7, 11) is 2.25. The molecule has 0 aromatic heterocycles. The molecule has 5 aromatic rings. The summed E-state index contributed by atoms with van der Waals surface area (Å²) in [4.78, 5) is 7.81. The van der Waals surface area contributed by atoms with Gasteiger partial charge >= 0.3 is 0 Å². The fraction of sp³-hybridized carbons (Fsp3) is 0.167. The third-order valence-electron chi connectivity index (χ3n) is 9.95. The number of nitrogens with zero attached hydrogens (tertiary/aromatic N) is 2. The van der Waals surface area contributed by atoms with E-state index in [2.05, 4.69) is 165 Å². The van der Waals surface area contributed by atoms with Crippen LogP contribution >= 0.6 is 0 Å². The zero-order valence-electron chi connectivity index (χ0n) is 26.1. The first-order valence-corrected chi connectivity index (χ1v) is 15.7. The van der Waals surface area contributed by atoms with Crippen LogP contribution in [0.5, 0.6) is 0 Å². The van der Waals surface area contributed by atoms with Crippen molar-refractivity contribution in [2.24, 2.45) is 10.9 Å². The van der Waals surface area contributed by atoms with Gasteiger partial charge in [0.2, 0.25) is 0 Å². The van der Waals surface area contributed by atoms with Crippen LogP contribution in [0.2, 0.25) is 0 Å². The Hall–Kier alpha value is -5.15. The molecule has 5 aromatic carbocycles. The van der Waals surface area contributed by atoms with Crippen LogP contribution in [0.25, 0.3) is 21.5 Å². The van der Waals surface area contributed by atoms with Crippen LogP contribution in [0.15, 0.2) is 158 Å². The van der Waals surface area contributed by atoms with E-state index in [1.807, 2.05) is 6.08 Å². The van der Waals surface area contributed by atoms with Gasteiger partial charge in [-0.1, -0.05) is 122 Å². The second-order valence-electron chi connectivity index (χ2n) is 12.3. The van der Waals surface area contributed by atoms with Crippen molar-refractivity contribution in [2.45, 2.75) is 30.8 Å². The normalized spacial score (nSPS) is 21.8. The fourth-order valence-electron chi connectivity index (χ4n) is 7.98. The summed E-state index contributed by atoms with van der Waals surface area (Å²) in [5.41, 5.74) is 7.47. The van der Waals surface area contributed by atoms with Crippen LogP contribution in [0.3, 0.4) is 0 Å². The Bertz CT molecular complexity index is 2030. The predicted molar refractivity (Wildman–Crippen MR) is 194 cm³/mol. The standard InChI is InChI=1S/C42H39N3/c1-6-16-28(4)27-42(35(7-2)41-40(42)34-23-14-13-22-33(34)36(8-3)44-41)45(5)39-26-31-19-10-9-18-30(31)25-38(39)43-37-24-15-20-29-17-11-12-21-32(29)37/h6-26,35,40-41,43H,2-4,27H2,1,5H3/b16-6-. The van der Waals surface area contributed by atoms with Gasteiger partial charge in [-0.3, -0.25) is 4.99 Å². The number of hydrogen-bond donors (Lipinski definition) is 1. The molecule has 2 aliphatic rings. The lowest BCUT2D eigenvalue weighted by molar-refractivity contribution is 0.0857. The SMILES string of the molecule is C=CC1=NC2C(C=C)C(CC(=C)/C=C\C)(N(C)c3cc4ccccc4cc3Nc3cccc4ccccc34)C2c2ccccc21. The van der Waals surface area contributed by atoms with Crippen LogP contribution in [0.1, 0.15) is 30.4 Å². The van der Waals surface area contributed by atoms with Gasteiger partial charge in [0.25, 0.3) is 0 Å². The molecule has 1 N–H and O–H groups in total. The van der Waals surface area contributed by atoms with Gasteiger partial charge in [-0.15, -0.1) is 6.58 Å². The highest BCUT2D eigenvalue weighted by atomic mass is 15.2. The summed E-state index contributed by atoms with van der Waals surface area (Å²) in [6.45, 7) is 15.1. The molecule has 1 saturated carbocycles. The van der Waals surface area contributed by atoms with E-state index >= 15 is 0 Å². The molecule has 3 nitrogen and oxygen atoms in total. The Kier molecular flexibility index (Phi) is 7.25. The average Bonchev–Trinajstić information content (AvgIpc) is 3.06. The number of fused-ring (bicyclic) bond motifs is 5. The predicted octanol–water partition coefficient (Wildman–Crippen LogP) is 10.4. The molecule has 4 unspecified atom stereocenters. The van der Waals surface area contributed by atoms with E-state index in [9.17, 15) is 0 Å². The van der Waals surface area contributed by atoms with Crippen LogP contribution in [0, 0.1) is 5.92 Å². The molecule has 222 valence electrons. The highest BCUT2D eigenvalue weighted by molar-refractivity contribution is 6.10. The lowest BCUT2D eigenvalue weighted by Crippen LogP contribution is -2.71. The zero-order chi connectivity index (χ0) is 31.1. The Morgan fingerprint density at radius 1 is 0.867 bits per heavy atom. The topological polar surface area (TPSA) is 27.6 Å². The van der Waals surface area contributed by atoms with Crippen LogP contribution in [-0.2, 0) is 0 Å². The van der Waals surface area contributed by atoms with E-state index in [-0.39, 0.29) is 23.4 Å². The lowest BCUT2D eigenvalue weighted by Gasteiger charge is -2.65. The maximum atomic E-state index is 5.30. The molecule has 1 aliphatic carbocycles. The van der Waals surface area contributed by atoms with Crippen LogP contribution in [-0.4, -0.2) is 24.3 Å². The van der Waals surface area contributed by atoms with E-state index in [1.54, 1.807) is 0 Å². The van der Waals surface area contributed by atoms with Gasteiger partial charge in [-0.25, -0.2) is 0 Å². The molecule has 45 heavy (non-hydrogen) atoms. The minimum atomic E-state index is -0.354. The van der Waals surface area contributed by atoms with Gasteiger partial charge in [-0.05, 0) is 59.3 Å². The third-order valence-corrected chi connectivity index (χ3v) is 9.95. The summed E-state index contributed by atoms with van der Waals surface area (Å²) >= 11 is 0. The van der Waals surface area contributed by atoms with Crippen molar-refractivity contribution >= 4 is 44.3 Å². The van der Waals surface area contributed by atoms with Crippen molar-refractivity contribution in [3.8, 4) is 0 Å². The lowest BCUT2D eigenvalue weighted by atomic mass is 9.49. The summed E-state index contributed by atoms with van der Waals surface area (Å²) in [6.07, 6.45) is 9.03. The molecular weight excluding hydrogens is 546 g/mol. The van der Waals surface area contributed by atoms with E-state index in [1.165, 1.54) is 32.7 Å². The number of likely N-dealkylation sites (N-methyl/N-ethyl adjacent to an activating group) is 1. The summed E-state index contributed by atoms with van der Waals surface area (Å²) in [6, 6.07) is 37.0. The molecular formula is C42H39N3. The second kappa shape index (κ2) is 11.4. The van der Waals surface area contributed by atoms with E-state index in [4.69, 9.17) is 4.99 Å². The maximum Gasteiger partial charge on any atom is 0.0683 e. The van der Waals surface area contributed by atoms with Crippen molar-refractivity contribution in [3.63, 3.8) is 0 Å². The van der Waals surface area contributed by atoms with Crippen molar-refractivity contribution in [3.05, 3.63) is 164 Å². The Balaban J connectivity index is 1.44. The summed E-state index contributed by atoms with van der Waals surface area (Å²) < 4.78 is 0. The quantitative estimate of drug-likeness (QED) is 0.138. The number of anilines is 3. The molecule has 1 heterocycles. The highest BCUT2D eigenvalue weighted by Crippen LogP contribution is 2.62. The van der Waals surface area contributed by atoms with Gasteiger partial charge in [0.15, 0.2) is 0 Å². The first-order valence-electron chi connectivity index (χ1n) is 15.7. The molecule has 0 radical (unpaired) electrons.